The van der Waals surface area contributed by atoms with Gasteiger partial charge in [-0.2, -0.15) is 0 Å². The van der Waals surface area contributed by atoms with Gasteiger partial charge in [0.1, 0.15) is 0 Å². The van der Waals surface area contributed by atoms with Crippen molar-refractivity contribution >= 4 is 0 Å². The number of hydrogen-bond donors (Lipinski definition) is 0. The highest BCUT2D eigenvalue weighted by molar-refractivity contribution is 5.14. The summed E-state index contributed by atoms with van der Waals surface area (Å²) in [5, 5.41) is 0. The first-order valence-electron chi connectivity index (χ1n) is 7.68. The van der Waals surface area contributed by atoms with Gasteiger partial charge in [-0.05, 0) is 37.9 Å². The Balaban J connectivity index is 2.57. The fourth-order valence-electron chi connectivity index (χ4n) is 1.17. The maximum Gasteiger partial charge on any atom is 0.0843 e. The van der Waals surface area contributed by atoms with Gasteiger partial charge in [0.25, 0.3) is 0 Å². The maximum absolute atomic E-state index is 7.85. The van der Waals surface area contributed by atoms with Gasteiger partial charge in [-0.25, -0.2) is 0 Å². The lowest BCUT2D eigenvalue weighted by atomic mass is 10.1. The summed E-state index contributed by atoms with van der Waals surface area (Å²) in [5.41, 5.74) is -0.00116. The van der Waals surface area contributed by atoms with Crippen molar-refractivity contribution in [3.05, 3.63) is 30.0 Å². The smallest absolute Gasteiger partial charge is 0.0843 e. The lowest BCUT2D eigenvalue weighted by Gasteiger charge is -2.18. The largest absolute Gasteiger partial charge is 0.299 e. The first kappa shape index (κ1) is 2.81. The molecule has 2 rings (SSSR count). The van der Waals surface area contributed by atoms with Crippen molar-refractivity contribution in [2.24, 2.45) is 0 Å². The van der Waals surface area contributed by atoms with Gasteiger partial charge in [0.2, 0.25) is 0 Å². The number of rotatable bonds is 1. The molecule has 64 valence electrons. The van der Waals surface area contributed by atoms with Crippen molar-refractivity contribution in [1.29, 1.82) is 0 Å². The normalized spacial score (nSPS) is 42.6. The van der Waals surface area contributed by atoms with E-state index in [-0.39, 0.29) is 24.2 Å². The van der Waals surface area contributed by atoms with Crippen molar-refractivity contribution in [3.63, 3.8) is 0 Å². The second-order valence-corrected chi connectivity index (χ2v) is 2.62. The molecular formula is C10H14N2. The van der Waals surface area contributed by atoms with Crippen molar-refractivity contribution in [3.8, 4) is 0 Å². The van der Waals surface area contributed by atoms with Gasteiger partial charge >= 0.3 is 0 Å². The molecule has 0 spiro atoms. The molecule has 0 bridgehead atoms. The van der Waals surface area contributed by atoms with Crippen LogP contribution in [0.15, 0.2) is 24.4 Å². The first-order chi connectivity index (χ1) is 9.00. The number of likely N-dealkylation sites (tertiary alicyclic amines) is 1. The Kier molecular flexibility index (Phi) is 0.756. The lowest BCUT2D eigenvalue weighted by Crippen LogP contribution is -2.17. The average molecular weight is 170 g/mol. The Bertz CT molecular complexity index is 559. The van der Waals surface area contributed by atoms with Crippen molar-refractivity contribution in [2.45, 2.75) is 18.8 Å². The molecule has 1 fully saturated rings. The molecule has 0 amide bonds. The second kappa shape index (κ2) is 3.23. The fraction of sp³-hybridized carbons (Fsp3) is 0.500. The highest BCUT2D eigenvalue weighted by Crippen LogP contribution is 2.29. The van der Waals surface area contributed by atoms with Crippen LogP contribution in [-0.2, 0) is 0 Å². The van der Waals surface area contributed by atoms with Crippen LogP contribution in [0.25, 0.3) is 0 Å². The summed E-state index contributed by atoms with van der Waals surface area (Å²) in [6, 6.07) is -1.64. The molecule has 0 unspecified atom stereocenters. The molecule has 1 saturated heterocycles. The number of nitrogens with zero attached hydrogens (tertiary/aromatic N) is 2. The van der Waals surface area contributed by atoms with Crippen molar-refractivity contribution < 1.29 is 11.0 Å². The lowest BCUT2D eigenvalue weighted by molar-refractivity contribution is 0.317. The predicted molar refractivity (Wildman–Crippen MR) is 48.8 cm³/mol. The Hall–Kier alpha value is -0.890. The Morgan fingerprint density at radius 3 is 3.50 bits per heavy atom. The average Bonchev–Trinajstić information content (AvgIpc) is 2.47. The van der Waals surface area contributed by atoms with Crippen LogP contribution in [0.3, 0.4) is 0 Å². The zero-order chi connectivity index (χ0) is 15.5. The van der Waals surface area contributed by atoms with Gasteiger partial charge in [0.15, 0.2) is 0 Å². The Morgan fingerprint density at radius 1 is 1.83 bits per heavy atom. The molecule has 2 heteroatoms. The van der Waals surface area contributed by atoms with Crippen LogP contribution in [0.4, 0.5) is 0 Å². The van der Waals surface area contributed by atoms with Gasteiger partial charge in [-0.15, -0.1) is 0 Å². The van der Waals surface area contributed by atoms with Gasteiger partial charge in [-0.1, -0.05) is 6.04 Å². The maximum atomic E-state index is 7.85. The predicted octanol–water partition coefficient (Wildman–Crippen LogP) is 1.85. The SMILES string of the molecule is [2H]c1nc([2H])c([C@@H]2CC([2H])([2H])C([2H])([2H])N2C)c([2H])c1[2H]. The monoisotopic (exact) mass is 170 g/mol. The zero-order valence-corrected chi connectivity index (χ0v) is 6.68. The van der Waals surface area contributed by atoms with E-state index < -0.39 is 31.1 Å². The number of pyridine rings is 1. The van der Waals surface area contributed by atoms with E-state index in [1.165, 1.54) is 7.05 Å². The topological polar surface area (TPSA) is 16.1 Å². The van der Waals surface area contributed by atoms with E-state index in [1.807, 2.05) is 0 Å². The van der Waals surface area contributed by atoms with E-state index in [0.717, 1.165) is 4.90 Å². The summed E-state index contributed by atoms with van der Waals surface area (Å²) in [4.78, 5) is 4.69. The summed E-state index contributed by atoms with van der Waals surface area (Å²) >= 11 is 0. The van der Waals surface area contributed by atoms with Crippen LogP contribution in [0.5, 0.6) is 0 Å². The molecule has 12 heavy (non-hydrogen) atoms. The molecule has 1 aliphatic heterocycles. The number of hydrogen-bond acceptors (Lipinski definition) is 2. The summed E-state index contributed by atoms with van der Waals surface area (Å²) in [5.74, 6) is 0. The second-order valence-electron chi connectivity index (χ2n) is 2.62. The van der Waals surface area contributed by atoms with Gasteiger partial charge in [0, 0.05) is 23.9 Å². The molecular weight excluding hydrogens is 148 g/mol. The van der Waals surface area contributed by atoms with E-state index in [9.17, 15) is 0 Å². The van der Waals surface area contributed by atoms with Crippen molar-refractivity contribution in [1.82, 2.24) is 9.88 Å². The summed E-state index contributed by atoms with van der Waals surface area (Å²) in [6.45, 7) is -2.24. The van der Waals surface area contributed by atoms with Gasteiger partial charge in [0.05, 0.1) is 5.48 Å². The molecule has 0 saturated carbocycles. The van der Waals surface area contributed by atoms with Crippen LogP contribution >= 0.6 is 0 Å². The molecule has 0 N–H and O–H groups in total. The molecule has 1 aromatic rings. The molecule has 0 aliphatic carbocycles. The van der Waals surface area contributed by atoms with E-state index in [0.29, 0.717) is 0 Å². The first-order valence-corrected chi connectivity index (χ1v) is 3.68. The Morgan fingerprint density at radius 2 is 2.75 bits per heavy atom. The van der Waals surface area contributed by atoms with Crippen LogP contribution in [-0.4, -0.2) is 23.4 Å². The van der Waals surface area contributed by atoms with Gasteiger partial charge < -0.3 is 0 Å². The minimum Gasteiger partial charge on any atom is -0.299 e. The third-order valence-electron chi connectivity index (χ3n) is 1.84. The van der Waals surface area contributed by atoms with Crippen LogP contribution in [0, 0.1) is 0 Å². The highest BCUT2D eigenvalue weighted by atomic mass is 15.1. The van der Waals surface area contributed by atoms with Crippen LogP contribution in [0.2, 0.25) is 0 Å². The molecule has 0 aromatic carbocycles. The Labute approximate surface area is 84.5 Å². The summed E-state index contributed by atoms with van der Waals surface area (Å²) in [7, 11) is 1.38. The molecule has 0 radical (unpaired) electrons. The third kappa shape index (κ3) is 1.34. The van der Waals surface area contributed by atoms with Crippen LogP contribution in [0.1, 0.15) is 35.4 Å². The van der Waals surface area contributed by atoms with E-state index >= 15 is 0 Å². The molecule has 2 nitrogen and oxygen atoms in total. The standard InChI is InChI=1S/C10H14N2/c1-12-7-3-5-10(12)9-4-2-6-11-8-9/h2,4,6,8,10H,3,5,7H2,1H3/t10-/m0/s1/i2D,3D2,4D,6D,7D2,8D. The van der Waals surface area contributed by atoms with Gasteiger partial charge in [-0.3, -0.25) is 9.88 Å². The van der Waals surface area contributed by atoms with E-state index in [2.05, 4.69) is 4.98 Å². The third-order valence-corrected chi connectivity index (χ3v) is 1.84. The zero-order valence-electron chi connectivity index (χ0n) is 14.7. The highest BCUT2D eigenvalue weighted by Gasteiger charge is 2.21. The molecule has 2 heterocycles. The van der Waals surface area contributed by atoms with E-state index in [1.54, 1.807) is 0 Å². The molecule has 1 atom stereocenters. The van der Waals surface area contributed by atoms with E-state index in [4.69, 9.17) is 11.0 Å². The fourth-order valence-corrected chi connectivity index (χ4v) is 1.17. The quantitative estimate of drug-likeness (QED) is 0.639. The minimum atomic E-state index is -2.24. The molecule has 1 aromatic heterocycles. The minimum absolute atomic E-state index is 0.00116. The summed E-state index contributed by atoms with van der Waals surface area (Å²) < 4.78 is 61.7. The number of aromatic nitrogens is 1. The summed E-state index contributed by atoms with van der Waals surface area (Å²) in [6.07, 6.45) is -3.21. The molecule has 1 aliphatic rings. The van der Waals surface area contributed by atoms with Crippen LogP contribution < -0.4 is 0 Å². The van der Waals surface area contributed by atoms with Crippen molar-refractivity contribution in [2.75, 3.05) is 13.5 Å².